The van der Waals surface area contributed by atoms with Gasteiger partial charge in [-0.2, -0.15) is 0 Å². The zero-order valence-electron chi connectivity index (χ0n) is 11.1. The number of nitrogen functional groups attached to an aromatic ring is 1. The van der Waals surface area contributed by atoms with Gasteiger partial charge in [0.05, 0.1) is 16.7 Å². The number of nitrogens with two attached hydrogens (primary N) is 1. The second-order valence-electron chi connectivity index (χ2n) is 4.57. The summed E-state index contributed by atoms with van der Waals surface area (Å²) in [6, 6.07) is 3.39. The van der Waals surface area contributed by atoms with Gasteiger partial charge in [-0.25, -0.2) is 13.1 Å². The molecule has 1 saturated heterocycles. The van der Waals surface area contributed by atoms with E-state index >= 15 is 0 Å². The molecule has 1 aromatic carbocycles. The normalized spacial score (nSPS) is 18.6. The van der Waals surface area contributed by atoms with Gasteiger partial charge in [0.2, 0.25) is 10.0 Å². The number of non-ortho nitro benzene ring substituents is 1. The number of hydrogen-bond donors (Lipinski definition) is 3. The Bertz CT molecular complexity index is 628. The maximum absolute atomic E-state index is 12.3. The molecule has 2 rings (SSSR count). The van der Waals surface area contributed by atoms with Crippen LogP contribution < -0.4 is 16.0 Å². The van der Waals surface area contributed by atoms with Gasteiger partial charge in [0, 0.05) is 25.3 Å². The lowest BCUT2D eigenvalue weighted by atomic mass is 10.2. The SMILES string of the molecule is NNc1ccc([N+](=O)[O-])cc1S(=O)(=O)NCC1CCCO1. The van der Waals surface area contributed by atoms with Crippen LogP contribution in [0.1, 0.15) is 12.8 Å². The summed E-state index contributed by atoms with van der Waals surface area (Å²) in [4.78, 5) is 9.83. The Morgan fingerprint density at radius 3 is 2.81 bits per heavy atom. The van der Waals surface area contributed by atoms with E-state index in [2.05, 4.69) is 10.1 Å². The molecule has 0 bridgehead atoms. The summed E-state index contributed by atoms with van der Waals surface area (Å²) in [5, 5.41) is 10.8. The molecular weight excluding hydrogens is 300 g/mol. The summed E-state index contributed by atoms with van der Waals surface area (Å²) < 4.78 is 32.2. The lowest BCUT2D eigenvalue weighted by Gasteiger charge is -2.13. The first kappa shape index (κ1) is 15.6. The van der Waals surface area contributed by atoms with Gasteiger partial charge in [-0.15, -0.1) is 0 Å². The number of nitrogens with zero attached hydrogens (tertiary/aromatic N) is 1. The zero-order valence-corrected chi connectivity index (χ0v) is 11.9. The van der Waals surface area contributed by atoms with Gasteiger partial charge in [-0.1, -0.05) is 0 Å². The van der Waals surface area contributed by atoms with Gasteiger partial charge in [0.25, 0.3) is 5.69 Å². The molecule has 0 spiro atoms. The molecule has 9 nitrogen and oxygen atoms in total. The molecular formula is C11H16N4O5S. The fraction of sp³-hybridized carbons (Fsp3) is 0.455. The molecule has 116 valence electrons. The van der Waals surface area contributed by atoms with Crippen molar-refractivity contribution in [3.63, 3.8) is 0 Å². The number of nitro groups is 1. The van der Waals surface area contributed by atoms with Crippen LogP contribution in [-0.4, -0.2) is 32.6 Å². The maximum Gasteiger partial charge on any atom is 0.270 e. The van der Waals surface area contributed by atoms with Crippen LogP contribution in [0.5, 0.6) is 0 Å². The van der Waals surface area contributed by atoms with Crippen LogP contribution in [0.15, 0.2) is 23.1 Å². The Hall–Kier alpha value is -1.75. The molecule has 1 aromatic rings. The highest BCUT2D eigenvalue weighted by Crippen LogP contribution is 2.25. The van der Waals surface area contributed by atoms with Crippen molar-refractivity contribution in [3.8, 4) is 0 Å². The first-order valence-electron chi connectivity index (χ1n) is 6.30. The number of hydrogen-bond acceptors (Lipinski definition) is 7. The van der Waals surface area contributed by atoms with Crippen LogP contribution in [-0.2, 0) is 14.8 Å². The van der Waals surface area contributed by atoms with Crippen LogP contribution >= 0.6 is 0 Å². The van der Waals surface area contributed by atoms with Crippen molar-refractivity contribution in [1.82, 2.24) is 4.72 Å². The summed E-state index contributed by atoms with van der Waals surface area (Å²) in [5.74, 6) is 5.26. The van der Waals surface area contributed by atoms with E-state index in [4.69, 9.17) is 10.6 Å². The second kappa shape index (κ2) is 6.35. The zero-order chi connectivity index (χ0) is 15.5. The Morgan fingerprint density at radius 2 is 2.24 bits per heavy atom. The minimum Gasteiger partial charge on any atom is -0.377 e. The summed E-state index contributed by atoms with van der Waals surface area (Å²) in [6.45, 7) is 0.730. The Morgan fingerprint density at radius 1 is 1.48 bits per heavy atom. The Kier molecular flexibility index (Phi) is 4.73. The second-order valence-corrected chi connectivity index (χ2v) is 6.30. The summed E-state index contributed by atoms with van der Waals surface area (Å²) >= 11 is 0. The molecule has 1 fully saturated rings. The predicted molar refractivity (Wildman–Crippen MR) is 75.1 cm³/mol. The van der Waals surface area contributed by atoms with Crippen LogP contribution in [0.25, 0.3) is 0 Å². The third-order valence-electron chi connectivity index (χ3n) is 3.15. The van der Waals surface area contributed by atoms with E-state index in [-0.39, 0.29) is 28.9 Å². The van der Waals surface area contributed by atoms with Gasteiger partial charge < -0.3 is 10.2 Å². The number of anilines is 1. The lowest BCUT2D eigenvalue weighted by molar-refractivity contribution is -0.385. The predicted octanol–water partition coefficient (Wildman–Crippen LogP) is 0.338. The van der Waals surface area contributed by atoms with Crippen LogP contribution in [0.2, 0.25) is 0 Å². The average Bonchev–Trinajstić information content (AvgIpc) is 2.98. The van der Waals surface area contributed by atoms with Crippen molar-refractivity contribution in [2.24, 2.45) is 5.84 Å². The van der Waals surface area contributed by atoms with E-state index in [0.29, 0.717) is 6.61 Å². The van der Waals surface area contributed by atoms with Gasteiger partial charge in [-0.3, -0.25) is 16.0 Å². The third-order valence-corrected chi connectivity index (χ3v) is 4.61. The number of rotatable bonds is 6. The number of ether oxygens (including phenoxy) is 1. The molecule has 4 N–H and O–H groups in total. The number of nitrogens with one attached hydrogen (secondary N) is 2. The van der Waals surface area contributed by atoms with Crippen molar-refractivity contribution in [2.75, 3.05) is 18.6 Å². The monoisotopic (exact) mass is 316 g/mol. The summed E-state index contributed by atoms with van der Waals surface area (Å²) in [7, 11) is -3.92. The van der Waals surface area contributed by atoms with Crippen LogP contribution in [0.4, 0.5) is 11.4 Å². The first-order valence-corrected chi connectivity index (χ1v) is 7.78. The molecule has 1 heterocycles. The molecule has 0 radical (unpaired) electrons. The van der Waals surface area contributed by atoms with E-state index in [0.717, 1.165) is 18.9 Å². The minimum atomic E-state index is -3.92. The first-order chi connectivity index (χ1) is 9.94. The molecule has 1 atom stereocenters. The Labute approximate surface area is 121 Å². The van der Waals surface area contributed by atoms with E-state index in [9.17, 15) is 18.5 Å². The van der Waals surface area contributed by atoms with Crippen LogP contribution in [0, 0.1) is 10.1 Å². The van der Waals surface area contributed by atoms with Crippen molar-refractivity contribution in [3.05, 3.63) is 28.3 Å². The number of benzene rings is 1. The van der Waals surface area contributed by atoms with Gasteiger partial charge >= 0.3 is 0 Å². The van der Waals surface area contributed by atoms with E-state index < -0.39 is 14.9 Å². The molecule has 0 amide bonds. The maximum atomic E-state index is 12.3. The molecule has 10 heteroatoms. The van der Waals surface area contributed by atoms with Crippen LogP contribution in [0.3, 0.4) is 0 Å². The number of sulfonamides is 1. The molecule has 1 aliphatic rings. The van der Waals surface area contributed by atoms with Crippen molar-refractivity contribution in [2.45, 2.75) is 23.8 Å². The number of nitro benzene ring substituents is 1. The molecule has 0 aliphatic carbocycles. The molecule has 21 heavy (non-hydrogen) atoms. The standard InChI is InChI=1S/C11H16N4O5S/c12-14-10-4-3-8(15(16)17)6-11(10)21(18,19)13-7-9-2-1-5-20-9/h3-4,6,9,13-14H,1-2,5,7,12H2. The quantitative estimate of drug-likeness (QED) is 0.391. The average molecular weight is 316 g/mol. The topological polar surface area (TPSA) is 137 Å². The molecule has 0 saturated carbocycles. The summed E-state index contributed by atoms with van der Waals surface area (Å²) in [6.07, 6.45) is 1.49. The Balaban J connectivity index is 2.24. The smallest absolute Gasteiger partial charge is 0.270 e. The highest BCUT2D eigenvalue weighted by atomic mass is 32.2. The van der Waals surface area contributed by atoms with Crippen molar-refractivity contribution >= 4 is 21.4 Å². The van der Waals surface area contributed by atoms with E-state index in [1.807, 2.05) is 0 Å². The van der Waals surface area contributed by atoms with Gasteiger partial charge in [0.1, 0.15) is 4.90 Å². The highest BCUT2D eigenvalue weighted by molar-refractivity contribution is 7.89. The van der Waals surface area contributed by atoms with Gasteiger partial charge in [0.15, 0.2) is 0 Å². The van der Waals surface area contributed by atoms with E-state index in [1.165, 1.54) is 12.1 Å². The fourth-order valence-corrected chi connectivity index (χ4v) is 3.31. The lowest BCUT2D eigenvalue weighted by Crippen LogP contribution is -2.32. The minimum absolute atomic E-state index is 0.0837. The summed E-state index contributed by atoms with van der Waals surface area (Å²) in [5.41, 5.74) is 1.98. The van der Waals surface area contributed by atoms with E-state index in [1.54, 1.807) is 0 Å². The highest BCUT2D eigenvalue weighted by Gasteiger charge is 2.24. The molecule has 0 aromatic heterocycles. The molecule has 1 unspecified atom stereocenters. The van der Waals surface area contributed by atoms with Crippen molar-refractivity contribution < 1.29 is 18.1 Å². The number of hydrazine groups is 1. The largest absolute Gasteiger partial charge is 0.377 e. The molecule has 1 aliphatic heterocycles. The van der Waals surface area contributed by atoms with Crippen molar-refractivity contribution in [1.29, 1.82) is 0 Å². The fourth-order valence-electron chi connectivity index (χ4n) is 2.05. The van der Waals surface area contributed by atoms with Gasteiger partial charge in [-0.05, 0) is 18.9 Å². The third kappa shape index (κ3) is 3.67.